The average Bonchev–Trinajstić information content (AvgIpc) is 2.85. The molecule has 1 unspecified atom stereocenters. The van der Waals surface area contributed by atoms with Crippen LogP contribution in [0, 0.1) is 10.1 Å². The van der Waals surface area contributed by atoms with E-state index in [9.17, 15) is 14.9 Å². The van der Waals surface area contributed by atoms with Gasteiger partial charge in [0.25, 0.3) is 5.69 Å². The molecule has 104 valence electrons. The van der Waals surface area contributed by atoms with E-state index in [2.05, 4.69) is 15.9 Å². The molecular formula is C13H10BrNO4S. The molecule has 1 atom stereocenters. The van der Waals surface area contributed by atoms with Crippen LogP contribution in [0.15, 0.2) is 40.2 Å². The number of benzene rings is 1. The minimum atomic E-state index is -0.553. The maximum atomic E-state index is 11.9. The maximum absolute atomic E-state index is 11.9. The molecule has 1 aromatic carbocycles. The number of nitro benzene ring substituents is 1. The summed E-state index contributed by atoms with van der Waals surface area (Å²) < 4.78 is 6.14. The van der Waals surface area contributed by atoms with Crippen molar-refractivity contribution < 1.29 is 14.5 Å². The molecule has 0 saturated carbocycles. The third-order valence-electron chi connectivity index (χ3n) is 2.61. The molecule has 0 fully saturated rings. The third-order valence-corrected chi connectivity index (χ3v) is 4.21. The van der Waals surface area contributed by atoms with Crippen molar-refractivity contribution in [2.45, 2.75) is 13.0 Å². The van der Waals surface area contributed by atoms with Crippen LogP contribution >= 0.6 is 27.3 Å². The molecule has 0 aliphatic rings. The lowest BCUT2D eigenvalue weighted by atomic mass is 10.1. The molecule has 1 aromatic heterocycles. The van der Waals surface area contributed by atoms with Crippen LogP contribution in [0.2, 0.25) is 0 Å². The first kappa shape index (κ1) is 14.7. The molecule has 2 aromatic rings. The van der Waals surface area contributed by atoms with Gasteiger partial charge in [-0.15, -0.1) is 11.3 Å². The van der Waals surface area contributed by atoms with Gasteiger partial charge in [0.05, 0.1) is 8.71 Å². The number of ether oxygens (including phenoxy) is 1. The fourth-order valence-electron chi connectivity index (χ4n) is 1.60. The van der Waals surface area contributed by atoms with Crippen LogP contribution in [-0.4, -0.2) is 10.9 Å². The number of nitrogens with zero attached hydrogens (tertiary/aromatic N) is 1. The fraction of sp³-hybridized carbons (Fsp3) is 0.154. The lowest BCUT2D eigenvalue weighted by Crippen LogP contribution is -2.08. The van der Waals surface area contributed by atoms with Gasteiger partial charge >= 0.3 is 5.97 Å². The Bertz CT molecular complexity index is 655. The summed E-state index contributed by atoms with van der Waals surface area (Å²) in [6, 6.07) is 9.49. The Labute approximate surface area is 127 Å². The highest BCUT2D eigenvalue weighted by atomic mass is 79.9. The molecule has 0 bridgehead atoms. The third kappa shape index (κ3) is 3.43. The number of carbonyl (C=O) groups is 1. The Morgan fingerprint density at radius 3 is 2.75 bits per heavy atom. The van der Waals surface area contributed by atoms with Crippen LogP contribution in [0.3, 0.4) is 0 Å². The molecule has 0 amide bonds. The molecule has 2 rings (SSSR count). The molecule has 5 nitrogen and oxygen atoms in total. The van der Waals surface area contributed by atoms with E-state index in [1.165, 1.54) is 23.5 Å². The first-order valence-electron chi connectivity index (χ1n) is 5.68. The Balaban J connectivity index is 2.12. The molecule has 0 N–H and O–H groups in total. The quantitative estimate of drug-likeness (QED) is 0.464. The number of rotatable bonds is 4. The average molecular weight is 356 g/mol. The van der Waals surface area contributed by atoms with Crippen molar-refractivity contribution in [3.8, 4) is 0 Å². The summed E-state index contributed by atoms with van der Waals surface area (Å²) in [6.07, 6.45) is -0.553. The number of nitro groups is 1. The zero-order chi connectivity index (χ0) is 14.7. The summed E-state index contributed by atoms with van der Waals surface area (Å²) in [5.74, 6) is -0.445. The van der Waals surface area contributed by atoms with Crippen molar-refractivity contribution in [2.75, 3.05) is 0 Å². The minimum Gasteiger partial charge on any atom is -0.454 e. The van der Waals surface area contributed by atoms with E-state index in [0.717, 1.165) is 3.79 Å². The second kappa shape index (κ2) is 6.15. The van der Waals surface area contributed by atoms with E-state index >= 15 is 0 Å². The van der Waals surface area contributed by atoms with Crippen molar-refractivity contribution in [2.24, 2.45) is 0 Å². The van der Waals surface area contributed by atoms with Gasteiger partial charge in [-0.05, 0) is 40.5 Å². The van der Waals surface area contributed by atoms with E-state index in [-0.39, 0.29) is 5.69 Å². The number of hydrogen-bond donors (Lipinski definition) is 0. The van der Waals surface area contributed by atoms with Crippen molar-refractivity contribution in [1.29, 1.82) is 0 Å². The maximum Gasteiger partial charge on any atom is 0.348 e. The summed E-state index contributed by atoms with van der Waals surface area (Å²) in [6.45, 7) is 1.68. The summed E-state index contributed by atoms with van der Waals surface area (Å²) in [4.78, 5) is 22.6. The van der Waals surface area contributed by atoms with Crippen molar-refractivity contribution >= 4 is 38.9 Å². The lowest BCUT2D eigenvalue weighted by molar-refractivity contribution is -0.385. The number of thiophene rings is 1. The van der Waals surface area contributed by atoms with E-state index < -0.39 is 17.0 Å². The molecular weight excluding hydrogens is 346 g/mol. The van der Waals surface area contributed by atoms with Crippen molar-refractivity contribution in [3.05, 3.63) is 60.7 Å². The highest BCUT2D eigenvalue weighted by Crippen LogP contribution is 2.26. The van der Waals surface area contributed by atoms with Crippen molar-refractivity contribution in [3.63, 3.8) is 0 Å². The van der Waals surface area contributed by atoms with Gasteiger partial charge in [-0.25, -0.2) is 4.79 Å². The van der Waals surface area contributed by atoms with E-state index in [1.807, 2.05) is 0 Å². The van der Waals surface area contributed by atoms with E-state index in [0.29, 0.717) is 10.4 Å². The number of halogens is 1. The zero-order valence-electron chi connectivity index (χ0n) is 10.4. The number of non-ortho nitro benzene ring substituents is 1. The largest absolute Gasteiger partial charge is 0.454 e. The summed E-state index contributed by atoms with van der Waals surface area (Å²) in [5, 5.41) is 10.7. The van der Waals surface area contributed by atoms with E-state index in [4.69, 9.17) is 4.74 Å². The summed E-state index contributed by atoms with van der Waals surface area (Å²) in [5.41, 5.74) is 0.562. The SMILES string of the molecule is CC(OC(=O)c1ccc(Br)s1)c1cccc([N+](=O)[O-])c1. The van der Waals surface area contributed by atoms with Gasteiger partial charge in [-0.3, -0.25) is 10.1 Å². The van der Waals surface area contributed by atoms with Gasteiger partial charge in [0, 0.05) is 12.1 Å². The zero-order valence-corrected chi connectivity index (χ0v) is 12.8. The van der Waals surface area contributed by atoms with Gasteiger partial charge < -0.3 is 4.74 Å². The van der Waals surface area contributed by atoms with Crippen LogP contribution < -0.4 is 0 Å². The van der Waals surface area contributed by atoms with Gasteiger partial charge in [-0.2, -0.15) is 0 Å². The Morgan fingerprint density at radius 2 is 2.15 bits per heavy atom. The molecule has 0 radical (unpaired) electrons. The summed E-state index contributed by atoms with van der Waals surface area (Å²) >= 11 is 4.55. The number of carbonyl (C=O) groups excluding carboxylic acids is 1. The Kier molecular flexibility index (Phi) is 4.51. The van der Waals surface area contributed by atoms with Gasteiger partial charge in [0.1, 0.15) is 11.0 Å². The first-order valence-corrected chi connectivity index (χ1v) is 7.29. The molecule has 0 saturated heterocycles. The second-order valence-corrected chi connectivity index (χ2v) is 6.47. The highest BCUT2D eigenvalue weighted by Gasteiger charge is 2.17. The van der Waals surface area contributed by atoms with Crippen LogP contribution in [0.4, 0.5) is 5.69 Å². The fourth-order valence-corrected chi connectivity index (χ4v) is 2.87. The molecule has 7 heteroatoms. The predicted molar refractivity (Wildman–Crippen MR) is 78.9 cm³/mol. The Morgan fingerprint density at radius 1 is 1.40 bits per heavy atom. The second-order valence-electron chi connectivity index (χ2n) is 4.00. The van der Waals surface area contributed by atoms with E-state index in [1.54, 1.807) is 31.2 Å². The van der Waals surface area contributed by atoms with Gasteiger partial charge in [0.2, 0.25) is 0 Å². The van der Waals surface area contributed by atoms with Crippen LogP contribution in [0.5, 0.6) is 0 Å². The van der Waals surface area contributed by atoms with Crippen LogP contribution in [-0.2, 0) is 4.74 Å². The van der Waals surface area contributed by atoms with Gasteiger partial charge in [-0.1, -0.05) is 12.1 Å². The molecule has 0 aliphatic heterocycles. The first-order chi connectivity index (χ1) is 9.47. The summed E-state index contributed by atoms with van der Waals surface area (Å²) in [7, 11) is 0. The molecule has 0 spiro atoms. The number of esters is 1. The molecule has 20 heavy (non-hydrogen) atoms. The monoisotopic (exact) mass is 355 g/mol. The smallest absolute Gasteiger partial charge is 0.348 e. The standard InChI is InChI=1S/C13H10BrNO4S/c1-8(9-3-2-4-10(7-9)15(17)18)19-13(16)11-5-6-12(14)20-11/h2-8H,1H3. The lowest BCUT2D eigenvalue weighted by Gasteiger charge is -2.12. The van der Waals surface area contributed by atoms with Crippen LogP contribution in [0.25, 0.3) is 0 Å². The highest BCUT2D eigenvalue weighted by molar-refractivity contribution is 9.11. The molecule has 1 heterocycles. The van der Waals surface area contributed by atoms with Gasteiger partial charge in [0.15, 0.2) is 0 Å². The molecule has 0 aliphatic carbocycles. The Hall–Kier alpha value is -1.73. The van der Waals surface area contributed by atoms with Crippen LogP contribution in [0.1, 0.15) is 28.3 Å². The topological polar surface area (TPSA) is 69.4 Å². The predicted octanol–water partition coefficient (Wildman–Crippen LogP) is 4.34. The minimum absolute atomic E-state index is 0.0238. The number of hydrogen-bond acceptors (Lipinski definition) is 5. The normalized spacial score (nSPS) is 11.9. The van der Waals surface area contributed by atoms with Crippen molar-refractivity contribution in [1.82, 2.24) is 0 Å².